The van der Waals surface area contributed by atoms with Gasteiger partial charge in [0.2, 0.25) is 0 Å². The molecule has 1 heterocycles. The average molecular weight is 182 g/mol. The Morgan fingerprint density at radius 2 is 2.17 bits per heavy atom. The van der Waals surface area contributed by atoms with Crippen LogP contribution in [0, 0.1) is 0 Å². The van der Waals surface area contributed by atoms with Crippen molar-refractivity contribution in [3.63, 3.8) is 0 Å². The Morgan fingerprint density at radius 1 is 1.33 bits per heavy atom. The lowest BCUT2D eigenvalue weighted by atomic mass is 10.2. The topological polar surface area (TPSA) is 21.6 Å². The van der Waals surface area contributed by atoms with Crippen LogP contribution in [-0.4, -0.2) is 18.3 Å². The molecule has 0 unspecified atom stereocenters. The first-order valence-corrected chi connectivity index (χ1v) is 4.18. The Balaban J connectivity index is 2.51. The molecule has 1 aromatic carbocycles. The summed E-state index contributed by atoms with van der Waals surface area (Å²) in [4.78, 5) is 4.12. The summed E-state index contributed by atoms with van der Waals surface area (Å²) >= 11 is 5.92. The van der Waals surface area contributed by atoms with Gasteiger partial charge in [-0.1, -0.05) is 23.7 Å². The zero-order valence-corrected chi connectivity index (χ0v) is 7.21. The summed E-state index contributed by atoms with van der Waals surface area (Å²) < 4.78 is 5.42. The Hall–Kier alpha value is -1.02. The van der Waals surface area contributed by atoms with Crippen molar-refractivity contribution in [1.82, 2.24) is 0 Å². The summed E-state index contributed by atoms with van der Waals surface area (Å²) in [6, 6.07) is 7.66. The number of ether oxygens (including phenoxy) is 1. The van der Waals surface area contributed by atoms with Gasteiger partial charge in [0.25, 0.3) is 0 Å². The lowest BCUT2D eigenvalue weighted by molar-refractivity contribution is 0.331. The summed E-state index contributed by atoms with van der Waals surface area (Å²) in [6.07, 6.45) is 0. The molecule has 0 spiro atoms. The highest BCUT2D eigenvalue weighted by Crippen LogP contribution is 2.22. The number of halogens is 1. The molecule has 1 aromatic rings. The molecule has 0 saturated heterocycles. The molecule has 0 bridgehead atoms. The largest absolute Gasteiger partial charge is 0.491 e. The third-order valence-electron chi connectivity index (χ3n) is 1.71. The molecule has 0 radical (unpaired) electrons. The van der Waals surface area contributed by atoms with Gasteiger partial charge < -0.3 is 4.74 Å². The fourth-order valence-electron chi connectivity index (χ4n) is 1.15. The number of fused-ring (bicyclic) bond motifs is 1. The zero-order chi connectivity index (χ0) is 8.39. The minimum Gasteiger partial charge on any atom is -0.491 e. The molecule has 0 amide bonds. The number of benzene rings is 1. The Kier molecular flexibility index (Phi) is 2.00. The minimum absolute atomic E-state index is 0.545. The van der Waals surface area contributed by atoms with E-state index in [9.17, 15) is 0 Å². The summed E-state index contributed by atoms with van der Waals surface area (Å²) in [5, 5.41) is 0.545. The van der Waals surface area contributed by atoms with Crippen molar-refractivity contribution in [2.75, 3.05) is 13.2 Å². The minimum atomic E-state index is 0.545. The summed E-state index contributed by atoms with van der Waals surface area (Å²) in [6.45, 7) is 1.24. The zero-order valence-electron chi connectivity index (χ0n) is 6.46. The van der Waals surface area contributed by atoms with Crippen LogP contribution in [0.3, 0.4) is 0 Å². The van der Waals surface area contributed by atoms with Crippen molar-refractivity contribution in [2.45, 2.75) is 0 Å². The van der Waals surface area contributed by atoms with E-state index in [1.54, 1.807) is 0 Å². The molecule has 62 valence electrons. The molecule has 12 heavy (non-hydrogen) atoms. The summed E-state index contributed by atoms with van der Waals surface area (Å²) in [7, 11) is 0. The van der Waals surface area contributed by atoms with Crippen LogP contribution in [0.15, 0.2) is 29.3 Å². The lowest BCUT2D eigenvalue weighted by Gasteiger charge is -2.04. The molecule has 0 N–H and O–H groups in total. The number of hydrogen-bond acceptors (Lipinski definition) is 2. The van der Waals surface area contributed by atoms with Crippen molar-refractivity contribution >= 4 is 16.8 Å². The standard InChI is InChI=1S/C9H8ClNO/c10-9-7-3-1-2-4-8(7)12-6-5-11-9/h1-4H,5-6H2. The Bertz CT molecular complexity index is 322. The van der Waals surface area contributed by atoms with E-state index >= 15 is 0 Å². The van der Waals surface area contributed by atoms with E-state index < -0.39 is 0 Å². The third-order valence-corrected chi connectivity index (χ3v) is 2.03. The van der Waals surface area contributed by atoms with E-state index in [0.29, 0.717) is 18.3 Å². The maximum Gasteiger partial charge on any atom is 0.134 e. The number of hydrogen-bond donors (Lipinski definition) is 0. The summed E-state index contributed by atoms with van der Waals surface area (Å²) in [5.74, 6) is 0.823. The first-order valence-electron chi connectivity index (χ1n) is 3.80. The van der Waals surface area contributed by atoms with Crippen LogP contribution in [0.5, 0.6) is 5.75 Å². The lowest BCUT2D eigenvalue weighted by Crippen LogP contribution is -1.98. The second-order valence-corrected chi connectivity index (χ2v) is 2.88. The van der Waals surface area contributed by atoms with E-state index in [-0.39, 0.29) is 0 Å². The van der Waals surface area contributed by atoms with Gasteiger partial charge in [-0.05, 0) is 12.1 Å². The molecule has 2 nitrogen and oxygen atoms in total. The molecule has 0 aromatic heterocycles. The number of rotatable bonds is 0. The van der Waals surface area contributed by atoms with E-state index in [0.717, 1.165) is 11.3 Å². The molecular formula is C9H8ClNO. The maximum absolute atomic E-state index is 5.92. The van der Waals surface area contributed by atoms with Crippen molar-refractivity contribution in [3.8, 4) is 5.75 Å². The van der Waals surface area contributed by atoms with E-state index in [4.69, 9.17) is 16.3 Å². The van der Waals surface area contributed by atoms with Crippen molar-refractivity contribution < 1.29 is 4.74 Å². The van der Waals surface area contributed by atoms with Crippen LogP contribution in [0.1, 0.15) is 5.56 Å². The molecule has 2 rings (SSSR count). The van der Waals surface area contributed by atoms with Gasteiger partial charge in [-0.3, -0.25) is 4.99 Å². The molecule has 0 fully saturated rings. The predicted octanol–water partition coefficient (Wildman–Crippen LogP) is 2.06. The Labute approximate surface area is 75.8 Å². The van der Waals surface area contributed by atoms with Crippen LogP contribution < -0.4 is 4.74 Å². The first-order chi connectivity index (χ1) is 5.88. The Morgan fingerprint density at radius 3 is 3.08 bits per heavy atom. The van der Waals surface area contributed by atoms with Gasteiger partial charge >= 0.3 is 0 Å². The third kappa shape index (κ3) is 1.30. The van der Waals surface area contributed by atoms with Crippen molar-refractivity contribution in [3.05, 3.63) is 29.8 Å². The fourth-order valence-corrected chi connectivity index (χ4v) is 1.39. The van der Waals surface area contributed by atoms with Gasteiger partial charge in [0.05, 0.1) is 12.1 Å². The van der Waals surface area contributed by atoms with Gasteiger partial charge in [0.15, 0.2) is 0 Å². The SMILES string of the molecule is ClC1=NCCOc2ccccc21. The van der Waals surface area contributed by atoms with Gasteiger partial charge in [-0.2, -0.15) is 0 Å². The molecule has 1 aliphatic heterocycles. The van der Waals surface area contributed by atoms with E-state index in [1.165, 1.54) is 0 Å². The number of nitrogens with zero attached hydrogens (tertiary/aromatic N) is 1. The van der Waals surface area contributed by atoms with E-state index in [1.807, 2.05) is 24.3 Å². The normalized spacial score (nSPS) is 15.6. The molecule has 0 atom stereocenters. The second-order valence-electron chi connectivity index (χ2n) is 2.52. The first kappa shape index (κ1) is 7.62. The monoisotopic (exact) mass is 181 g/mol. The van der Waals surface area contributed by atoms with Crippen LogP contribution >= 0.6 is 11.6 Å². The highest BCUT2D eigenvalue weighted by atomic mass is 35.5. The number of aliphatic imine (C=N–C) groups is 1. The second kappa shape index (κ2) is 3.15. The molecule has 1 aliphatic rings. The van der Waals surface area contributed by atoms with Crippen molar-refractivity contribution in [2.24, 2.45) is 4.99 Å². The highest BCUT2D eigenvalue weighted by Gasteiger charge is 2.09. The fraction of sp³-hybridized carbons (Fsp3) is 0.222. The van der Waals surface area contributed by atoms with Crippen LogP contribution in [0.25, 0.3) is 0 Å². The number of para-hydroxylation sites is 1. The average Bonchev–Trinajstić information content (AvgIpc) is 2.29. The molecule has 0 aliphatic carbocycles. The van der Waals surface area contributed by atoms with Gasteiger partial charge in [-0.25, -0.2) is 0 Å². The smallest absolute Gasteiger partial charge is 0.134 e. The molecular weight excluding hydrogens is 174 g/mol. The predicted molar refractivity (Wildman–Crippen MR) is 49.2 cm³/mol. The van der Waals surface area contributed by atoms with Crippen LogP contribution in [-0.2, 0) is 0 Å². The van der Waals surface area contributed by atoms with Crippen LogP contribution in [0.4, 0.5) is 0 Å². The molecule has 0 saturated carbocycles. The van der Waals surface area contributed by atoms with Crippen LogP contribution in [0.2, 0.25) is 0 Å². The summed E-state index contributed by atoms with van der Waals surface area (Å²) in [5.41, 5.74) is 0.886. The maximum atomic E-state index is 5.92. The quantitative estimate of drug-likeness (QED) is 0.601. The van der Waals surface area contributed by atoms with Gasteiger partial charge in [-0.15, -0.1) is 0 Å². The molecule has 3 heteroatoms. The van der Waals surface area contributed by atoms with E-state index in [2.05, 4.69) is 4.99 Å². The highest BCUT2D eigenvalue weighted by molar-refractivity contribution is 6.69. The van der Waals surface area contributed by atoms with Gasteiger partial charge in [0, 0.05) is 0 Å². The van der Waals surface area contributed by atoms with Gasteiger partial charge in [0.1, 0.15) is 17.5 Å². The van der Waals surface area contributed by atoms with Crippen molar-refractivity contribution in [1.29, 1.82) is 0 Å².